The lowest BCUT2D eigenvalue weighted by Gasteiger charge is -2.31. The molecular formula is C20H17ClF4N2O2S. The number of aromatic nitrogens is 1. The molecule has 4 nitrogen and oxygen atoms in total. The number of halogens is 5. The van der Waals surface area contributed by atoms with Gasteiger partial charge in [-0.2, -0.15) is 17.5 Å². The number of piperidine rings is 1. The largest absolute Gasteiger partial charge is 0.416 e. The Kier molecular flexibility index (Phi) is 5.32. The van der Waals surface area contributed by atoms with Crippen LogP contribution in [0.5, 0.6) is 0 Å². The number of rotatable bonds is 3. The molecule has 30 heavy (non-hydrogen) atoms. The molecule has 1 fully saturated rings. The van der Waals surface area contributed by atoms with E-state index in [9.17, 15) is 26.0 Å². The summed E-state index contributed by atoms with van der Waals surface area (Å²) in [5.74, 6) is -0.355. The summed E-state index contributed by atoms with van der Waals surface area (Å²) in [6.45, 7) is 0.253. The fourth-order valence-corrected chi connectivity index (χ4v) is 5.85. The summed E-state index contributed by atoms with van der Waals surface area (Å²) in [5.41, 5.74) is 0.622. The van der Waals surface area contributed by atoms with E-state index in [1.807, 2.05) is 0 Å². The topological polar surface area (TPSA) is 53.2 Å². The van der Waals surface area contributed by atoms with E-state index in [0.717, 1.165) is 32.9 Å². The van der Waals surface area contributed by atoms with Gasteiger partial charge in [-0.05, 0) is 60.7 Å². The number of nitrogens with zero attached hydrogens (tertiary/aromatic N) is 1. The Morgan fingerprint density at radius 3 is 2.43 bits per heavy atom. The van der Waals surface area contributed by atoms with Crippen molar-refractivity contribution in [3.63, 3.8) is 0 Å². The molecular weight excluding hydrogens is 444 g/mol. The molecule has 1 aliphatic rings. The second-order valence-corrected chi connectivity index (χ2v) is 9.57. The van der Waals surface area contributed by atoms with E-state index in [4.69, 9.17) is 11.6 Å². The summed E-state index contributed by atoms with van der Waals surface area (Å²) in [6.07, 6.45) is -1.96. The molecule has 0 aliphatic carbocycles. The van der Waals surface area contributed by atoms with Gasteiger partial charge in [-0.25, -0.2) is 12.8 Å². The zero-order valence-corrected chi connectivity index (χ0v) is 17.1. The number of aromatic amines is 1. The van der Waals surface area contributed by atoms with Gasteiger partial charge in [-0.1, -0.05) is 11.6 Å². The molecule has 4 rings (SSSR count). The highest BCUT2D eigenvalue weighted by molar-refractivity contribution is 7.89. The molecule has 1 aromatic heterocycles. The van der Waals surface area contributed by atoms with Crippen LogP contribution in [0.2, 0.25) is 5.02 Å². The Hall–Kier alpha value is -2.10. The van der Waals surface area contributed by atoms with Crippen molar-refractivity contribution in [1.82, 2.24) is 9.29 Å². The van der Waals surface area contributed by atoms with Crippen molar-refractivity contribution < 1.29 is 26.0 Å². The molecule has 0 spiro atoms. The number of sulfonamides is 1. The van der Waals surface area contributed by atoms with Crippen molar-refractivity contribution in [2.75, 3.05) is 13.1 Å². The molecule has 0 radical (unpaired) electrons. The van der Waals surface area contributed by atoms with Crippen molar-refractivity contribution in [2.24, 2.45) is 0 Å². The molecule has 0 unspecified atom stereocenters. The third-order valence-electron chi connectivity index (χ3n) is 5.45. The molecule has 3 aromatic rings. The summed E-state index contributed by atoms with van der Waals surface area (Å²) in [6, 6.07) is 6.72. The fraction of sp³-hybridized carbons (Fsp3) is 0.300. The maximum atomic E-state index is 13.6. The highest BCUT2D eigenvalue weighted by Crippen LogP contribution is 2.38. The number of hydrogen-bond acceptors (Lipinski definition) is 2. The van der Waals surface area contributed by atoms with Gasteiger partial charge in [-0.3, -0.25) is 0 Å². The summed E-state index contributed by atoms with van der Waals surface area (Å²) in [7, 11) is -4.18. The van der Waals surface area contributed by atoms with Crippen LogP contribution >= 0.6 is 11.6 Å². The van der Waals surface area contributed by atoms with E-state index in [-0.39, 0.29) is 29.8 Å². The molecule has 1 saturated heterocycles. The molecule has 0 saturated carbocycles. The first-order chi connectivity index (χ1) is 14.1. The van der Waals surface area contributed by atoms with E-state index in [1.54, 1.807) is 12.3 Å². The zero-order chi connectivity index (χ0) is 21.7. The van der Waals surface area contributed by atoms with Gasteiger partial charge >= 0.3 is 6.18 Å². The maximum absolute atomic E-state index is 13.6. The second-order valence-electron chi connectivity index (χ2n) is 7.26. The van der Waals surface area contributed by atoms with Crippen LogP contribution in [-0.2, 0) is 16.2 Å². The Labute approximate surface area is 175 Å². The monoisotopic (exact) mass is 460 g/mol. The molecule has 0 atom stereocenters. The van der Waals surface area contributed by atoms with E-state index in [1.165, 1.54) is 12.1 Å². The normalized spacial score (nSPS) is 17.0. The Morgan fingerprint density at radius 1 is 1.07 bits per heavy atom. The van der Waals surface area contributed by atoms with Crippen LogP contribution in [0.4, 0.5) is 17.6 Å². The lowest BCUT2D eigenvalue weighted by Crippen LogP contribution is -2.38. The minimum atomic E-state index is -4.67. The standard InChI is InChI=1S/C20H17ClF4N2O2S/c21-17-3-1-13(20(23,24)25)9-19(17)30(28,29)27-7-5-12(6-8-27)16-11-26-18-4-2-14(22)10-15(16)18/h1-4,9-12,26H,5-8H2. The third-order valence-corrected chi connectivity index (χ3v) is 7.83. The van der Waals surface area contributed by atoms with Gasteiger partial charge in [0, 0.05) is 30.2 Å². The van der Waals surface area contributed by atoms with Crippen LogP contribution in [0.25, 0.3) is 10.9 Å². The van der Waals surface area contributed by atoms with Gasteiger partial charge < -0.3 is 4.98 Å². The predicted molar refractivity (Wildman–Crippen MR) is 105 cm³/mol. The fourth-order valence-electron chi connectivity index (χ4n) is 3.88. The SMILES string of the molecule is O=S(=O)(c1cc(C(F)(F)F)ccc1Cl)N1CCC(c2c[nH]c3ccc(F)cc23)CC1. The number of fused-ring (bicyclic) bond motifs is 1. The van der Waals surface area contributed by atoms with Crippen LogP contribution in [0.15, 0.2) is 47.5 Å². The molecule has 10 heteroatoms. The molecule has 2 aromatic carbocycles. The lowest BCUT2D eigenvalue weighted by molar-refractivity contribution is -0.137. The summed E-state index contributed by atoms with van der Waals surface area (Å²) in [4.78, 5) is 2.54. The van der Waals surface area contributed by atoms with Crippen LogP contribution in [-0.4, -0.2) is 30.8 Å². The smallest absolute Gasteiger partial charge is 0.361 e. The molecule has 1 N–H and O–H groups in total. The maximum Gasteiger partial charge on any atom is 0.416 e. The number of hydrogen-bond donors (Lipinski definition) is 1. The quantitative estimate of drug-likeness (QED) is 0.521. The minimum Gasteiger partial charge on any atom is -0.361 e. The average molecular weight is 461 g/mol. The Balaban J connectivity index is 1.57. The van der Waals surface area contributed by atoms with Gasteiger partial charge in [0.2, 0.25) is 10.0 Å². The molecule has 0 bridgehead atoms. The predicted octanol–water partition coefficient (Wildman–Crippen LogP) is 5.55. The second kappa shape index (κ2) is 7.55. The van der Waals surface area contributed by atoms with Crippen LogP contribution in [0.1, 0.15) is 29.9 Å². The van der Waals surface area contributed by atoms with Crippen LogP contribution in [0, 0.1) is 5.82 Å². The Bertz CT molecular complexity index is 1200. The van der Waals surface area contributed by atoms with Crippen molar-refractivity contribution >= 4 is 32.5 Å². The number of H-pyrrole nitrogens is 1. The first-order valence-corrected chi connectivity index (χ1v) is 11.0. The van der Waals surface area contributed by atoms with Crippen molar-refractivity contribution in [2.45, 2.75) is 29.8 Å². The van der Waals surface area contributed by atoms with Crippen molar-refractivity contribution in [3.05, 3.63) is 64.6 Å². The van der Waals surface area contributed by atoms with Crippen LogP contribution < -0.4 is 0 Å². The lowest BCUT2D eigenvalue weighted by atomic mass is 9.90. The minimum absolute atomic E-state index is 0.00369. The van der Waals surface area contributed by atoms with E-state index < -0.39 is 26.7 Å². The summed E-state index contributed by atoms with van der Waals surface area (Å²) < 4.78 is 79.7. The van der Waals surface area contributed by atoms with Crippen LogP contribution in [0.3, 0.4) is 0 Å². The summed E-state index contributed by atoms with van der Waals surface area (Å²) >= 11 is 5.93. The molecule has 2 heterocycles. The number of nitrogens with one attached hydrogen (secondary N) is 1. The van der Waals surface area contributed by atoms with Crippen molar-refractivity contribution in [1.29, 1.82) is 0 Å². The first kappa shape index (κ1) is 21.1. The Morgan fingerprint density at radius 2 is 1.77 bits per heavy atom. The van der Waals surface area contributed by atoms with E-state index in [0.29, 0.717) is 18.9 Å². The summed E-state index contributed by atoms with van der Waals surface area (Å²) in [5, 5.41) is 0.495. The molecule has 0 amide bonds. The van der Waals surface area contributed by atoms with Gasteiger partial charge in [-0.15, -0.1) is 0 Å². The number of alkyl halides is 3. The number of benzene rings is 2. The molecule has 1 aliphatic heterocycles. The van der Waals surface area contributed by atoms with Gasteiger partial charge in [0.05, 0.1) is 10.6 Å². The van der Waals surface area contributed by atoms with E-state index >= 15 is 0 Å². The zero-order valence-electron chi connectivity index (χ0n) is 15.5. The van der Waals surface area contributed by atoms with Gasteiger partial charge in [0.1, 0.15) is 10.7 Å². The average Bonchev–Trinajstić information content (AvgIpc) is 3.10. The van der Waals surface area contributed by atoms with Crippen molar-refractivity contribution in [3.8, 4) is 0 Å². The van der Waals surface area contributed by atoms with Gasteiger partial charge in [0.15, 0.2) is 0 Å². The highest BCUT2D eigenvalue weighted by atomic mass is 35.5. The molecule has 160 valence electrons. The third kappa shape index (κ3) is 3.81. The van der Waals surface area contributed by atoms with Gasteiger partial charge in [0.25, 0.3) is 0 Å². The first-order valence-electron chi connectivity index (χ1n) is 9.21. The highest BCUT2D eigenvalue weighted by Gasteiger charge is 2.36. The van der Waals surface area contributed by atoms with E-state index in [2.05, 4.69) is 4.98 Å².